The molecule has 0 aromatic heterocycles. The highest BCUT2D eigenvalue weighted by Gasteiger charge is 2.38. The summed E-state index contributed by atoms with van der Waals surface area (Å²) < 4.78 is 12.0. The van der Waals surface area contributed by atoms with Crippen LogP contribution in [-0.4, -0.2) is 54.7 Å². The molecule has 3 atom stereocenters. The third-order valence-corrected chi connectivity index (χ3v) is 7.61. The van der Waals surface area contributed by atoms with E-state index in [4.69, 9.17) is 9.47 Å². The lowest BCUT2D eigenvalue weighted by Crippen LogP contribution is -2.49. The molecule has 5 rings (SSSR count). The monoisotopic (exact) mass is 453 g/mol. The number of fused-ring (bicyclic) bond motifs is 1. The van der Waals surface area contributed by atoms with Crippen molar-refractivity contribution in [2.24, 2.45) is 5.92 Å². The first-order valence-electron chi connectivity index (χ1n) is 12.5. The highest BCUT2D eigenvalue weighted by molar-refractivity contribution is 6.01. The van der Waals surface area contributed by atoms with Gasteiger partial charge >= 0.3 is 0 Å². The van der Waals surface area contributed by atoms with Gasteiger partial charge in [0.1, 0.15) is 17.9 Å². The zero-order valence-electron chi connectivity index (χ0n) is 19.3. The Morgan fingerprint density at radius 1 is 1.12 bits per heavy atom. The van der Waals surface area contributed by atoms with Gasteiger partial charge in [0, 0.05) is 37.1 Å². The van der Waals surface area contributed by atoms with Gasteiger partial charge in [-0.25, -0.2) is 0 Å². The van der Waals surface area contributed by atoms with E-state index in [1.165, 1.54) is 12.8 Å². The van der Waals surface area contributed by atoms with Crippen LogP contribution in [0.2, 0.25) is 0 Å². The first-order chi connectivity index (χ1) is 16.1. The molecule has 2 N–H and O–H groups in total. The van der Waals surface area contributed by atoms with Crippen molar-refractivity contribution >= 4 is 11.8 Å². The number of hydrogen-bond donors (Lipinski definition) is 2. The molecule has 33 heavy (non-hydrogen) atoms. The van der Waals surface area contributed by atoms with Gasteiger partial charge in [-0.2, -0.15) is 0 Å². The van der Waals surface area contributed by atoms with Crippen molar-refractivity contribution < 1.29 is 19.1 Å². The van der Waals surface area contributed by atoms with Gasteiger partial charge in [0.25, 0.3) is 5.91 Å². The molecule has 1 aliphatic carbocycles. The van der Waals surface area contributed by atoms with Crippen LogP contribution in [0.5, 0.6) is 5.75 Å². The molecule has 2 saturated heterocycles. The third-order valence-electron chi connectivity index (χ3n) is 7.61. The van der Waals surface area contributed by atoms with Crippen LogP contribution in [0, 0.1) is 5.92 Å². The van der Waals surface area contributed by atoms with E-state index in [0.717, 1.165) is 62.5 Å². The van der Waals surface area contributed by atoms with Crippen LogP contribution >= 0.6 is 0 Å². The number of nitrogens with one attached hydrogen (secondary N) is 2. The standard InChI is InChI=1S/C26H35N3O4/c1-17-6-9-23(25(30)28-17)29-16-19-14-20(7-8-21(19)26(29)31)33-24-5-3-2-4-22(24)27-15-18-10-12-32-13-11-18/h7-8,14,18,22-24,27H,1-6,9-13,15-16H2,(H,28,30). The van der Waals surface area contributed by atoms with Crippen LogP contribution in [0.15, 0.2) is 30.5 Å². The molecule has 178 valence electrons. The number of piperidine rings is 1. The van der Waals surface area contributed by atoms with Crippen molar-refractivity contribution in [3.8, 4) is 5.75 Å². The van der Waals surface area contributed by atoms with E-state index < -0.39 is 6.04 Å². The molecule has 4 aliphatic rings. The van der Waals surface area contributed by atoms with Crippen LogP contribution in [0.3, 0.4) is 0 Å². The van der Waals surface area contributed by atoms with E-state index in [2.05, 4.69) is 17.2 Å². The molecular formula is C26H35N3O4. The Hall–Kier alpha value is -2.38. The number of rotatable bonds is 6. The Balaban J connectivity index is 1.22. The van der Waals surface area contributed by atoms with E-state index in [9.17, 15) is 9.59 Å². The molecule has 0 spiro atoms. The summed E-state index contributed by atoms with van der Waals surface area (Å²) >= 11 is 0. The molecule has 1 aromatic rings. The molecule has 1 aromatic carbocycles. The summed E-state index contributed by atoms with van der Waals surface area (Å²) in [5.74, 6) is 1.30. The largest absolute Gasteiger partial charge is 0.489 e. The normalized spacial score (nSPS) is 28.5. The van der Waals surface area contributed by atoms with Crippen LogP contribution in [0.4, 0.5) is 0 Å². The van der Waals surface area contributed by atoms with Crippen molar-refractivity contribution in [1.82, 2.24) is 15.5 Å². The van der Waals surface area contributed by atoms with E-state index >= 15 is 0 Å². The van der Waals surface area contributed by atoms with Gasteiger partial charge in [-0.3, -0.25) is 9.59 Å². The number of carbonyl (C=O) groups excluding carboxylic acids is 2. The fourth-order valence-corrected chi connectivity index (χ4v) is 5.62. The third kappa shape index (κ3) is 4.94. The highest BCUT2D eigenvalue weighted by Crippen LogP contribution is 2.32. The summed E-state index contributed by atoms with van der Waals surface area (Å²) in [6, 6.07) is 5.69. The Labute approximate surface area is 195 Å². The molecule has 2 amide bonds. The van der Waals surface area contributed by atoms with Crippen molar-refractivity contribution in [3.05, 3.63) is 41.6 Å². The molecule has 3 fully saturated rings. The lowest BCUT2D eigenvalue weighted by atomic mass is 9.91. The van der Waals surface area contributed by atoms with Crippen LogP contribution < -0.4 is 15.4 Å². The second-order valence-corrected chi connectivity index (χ2v) is 9.91. The van der Waals surface area contributed by atoms with Gasteiger partial charge in [0.2, 0.25) is 5.91 Å². The van der Waals surface area contributed by atoms with E-state index in [0.29, 0.717) is 36.9 Å². The predicted molar refractivity (Wildman–Crippen MR) is 125 cm³/mol. The maximum Gasteiger partial charge on any atom is 0.255 e. The quantitative estimate of drug-likeness (QED) is 0.692. The summed E-state index contributed by atoms with van der Waals surface area (Å²) in [5.41, 5.74) is 2.35. The maximum absolute atomic E-state index is 13.0. The fourth-order valence-electron chi connectivity index (χ4n) is 5.62. The predicted octanol–water partition coefficient (Wildman–Crippen LogP) is 3.14. The van der Waals surface area contributed by atoms with Gasteiger partial charge in [-0.15, -0.1) is 0 Å². The Morgan fingerprint density at radius 3 is 2.76 bits per heavy atom. The number of nitrogens with zero attached hydrogens (tertiary/aromatic N) is 1. The Morgan fingerprint density at radius 2 is 1.94 bits per heavy atom. The number of benzene rings is 1. The number of ether oxygens (including phenoxy) is 2. The Kier molecular flexibility index (Phi) is 6.69. The zero-order valence-corrected chi connectivity index (χ0v) is 19.3. The van der Waals surface area contributed by atoms with E-state index in [1.54, 1.807) is 4.90 Å². The molecule has 3 unspecified atom stereocenters. The van der Waals surface area contributed by atoms with Gasteiger partial charge < -0.3 is 25.0 Å². The summed E-state index contributed by atoms with van der Waals surface area (Å²) in [6.45, 7) is 7.06. The molecule has 7 heteroatoms. The van der Waals surface area contributed by atoms with Crippen molar-refractivity contribution in [2.45, 2.75) is 76.1 Å². The summed E-state index contributed by atoms with van der Waals surface area (Å²) in [5, 5.41) is 6.58. The van der Waals surface area contributed by atoms with E-state index in [1.807, 2.05) is 18.2 Å². The number of carbonyl (C=O) groups is 2. The number of allylic oxidation sites excluding steroid dienone is 1. The van der Waals surface area contributed by atoms with Crippen molar-refractivity contribution in [1.29, 1.82) is 0 Å². The van der Waals surface area contributed by atoms with Crippen LogP contribution in [-0.2, 0) is 16.1 Å². The highest BCUT2D eigenvalue weighted by atomic mass is 16.5. The van der Waals surface area contributed by atoms with Crippen molar-refractivity contribution in [2.75, 3.05) is 19.8 Å². The topological polar surface area (TPSA) is 79.9 Å². The summed E-state index contributed by atoms with van der Waals surface area (Å²) in [6.07, 6.45) is 8.31. The van der Waals surface area contributed by atoms with Crippen molar-refractivity contribution in [3.63, 3.8) is 0 Å². The summed E-state index contributed by atoms with van der Waals surface area (Å²) in [7, 11) is 0. The smallest absolute Gasteiger partial charge is 0.255 e. The first-order valence-corrected chi connectivity index (χ1v) is 12.5. The average Bonchev–Trinajstić information content (AvgIpc) is 3.14. The second kappa shape index (κ2) is 9.85. The van der Waals surface area contributed by atoms with Crippen LogP contribution in [0.25, 0.3) is 0 Å². The van der Waals surface area contributed by atoms with Crippen LogP contribution in [0.1, 0.15) is 67.3 Å². The van der Waals surface area contributed by atoms with Gasteiger partial charge in [-0.05, 0) is 81.2 Å². The molecule has 7 nitrogen and oxygen atoms in total. The van der Waals surface area contributed by atoms with Gasteiger partial charge in [0.15, 0.2) is 0 Å². The summed E-state index contributed by atoms with van der Waals surface area (Å²) in [4.78, 5) is 27.1. The molecule has 0 bridgehead atoms. The first kappa shape index (κ1) is 22.4. The maximum atomic E-state index is 13.0. The molecule has 3 aliphatic heterocycles. The average molecular weight is 454 g/mol. The number of amides is 2. The minimum absolute atomic E-state index is 0.0714. The molecule has 3 heterocycles. The molecular weight excluding hydrogens is 418 g/mol. The zero-order chi connectivity index (χ0) is 22.8. The fraction of sp³-hybridized carbons (Fsp3) is 0.615. The SMILES string of the molecule is C=C1CCC(N2Cc3cc(OC4CCCCC4NCC4CCOCC4)ccc3C2=O)C(=O)N1. The van der Waals surface area contributed by atoms with Gasteiger partial charge in [-0.1, -0.05) is 13.0 Å². The second-order valence-electron chi connectivity index (χ2n) is 9.91. The van der Waals surface area contributed by atoms with Gasteiger partial charge in [0.05, 0.1) is 0 Å². The Bertz CT molecular complexity index is 911. The number of hydrogen-bond acceptors (Lipinski definition) is 5. The lowest BCUT2D eigenvalue weighted by Gasteiger charge is -2.34. The molecule has 1 saturated carbocycles. The van der Waals surface area contributed by atoms with E-state index in [-0.39, 0.29) is 17.9 Å². The minimum Gasteiger partial charge on any atom is -0.489 e. The lowest BCUT2D eigenvalue weighted by molar-refractivity contribution is -0.126. The molecule has 0 radical (unpaired) electrons. The minimum atomic E-state index is -0.433.